The Hall–Kier alpha value is -3.51. The molecule has 3 N–H and O–H groups in total. The van der Waals surface area contributed by atoms with E-state index in [9.17, 15) is 4.79 Å². The van der Waals surface area contributed by atoms with Crippen molar-refractivity contribution in [1.82, 2.24) is 15.3 Å². The summed E-state index contributed by atoms with van der Waals surface area (Å²) in [5, 5.41) is 22.1. The first-order valence-corrected chi connectivity index (χ1v) is 10.3. The number of carbonyl (C=O) groups is 1. The molecular weight excluding hydrogens is 388 g/mol. The predicted molar refractivity (Wildman–Crippen MR) is 123 cm³/mol. The maximum Gasteiger partial charge on any atom is 0.267 e. The lowest BCUT2D eigenvalue weighted by atomic mass is 9.87. The van der Waals surface area contributed by atoms with Crippen molar-refractivity contribution < 1.29 is 10.0 Å². The van der Waals surface area contributed by atoms with Crippen molar-refractivity contribution in [3.8, 4) is 5.69 Å². The Morgan fingerprint density at radius 1 is 1.16 bits per heavy atom. The summed E-state index contributed by atoms with van der Waals surface area (Å²) in [5.74, 6) is -0.559. The molecule has 1 aromatic heterocycles. The van der Waals surface area contributed by atoms with E-state index >= 15 is 0 Å². The van der Waals surface area contributed by atoms with Gasteiger partial charge in [-0.25, -0.2) is 10.2 Å². The van der Waals surface area contributed by atoms with Gasteiger partial charge >= 0.3 is 0 Å². The Kier molecular flexibility index (Phi) is 7.15. The van der Waals surface area contributed by atoms with Crippen molar-refractivity contribution in [1.29, 1.82) is 5.41 Å². The molecule has 0 aliphatic rings. The first kappa shape index (κ1) is 22.2. The SMILES string of the molecule is CCC(C(=N)Cc1c(C)nn(-c2ccccc2)c1C)c1ccc(/C=C/C(=O)NO)cc1. The van der Waals surface area contributed by atoms with Crippen molar-refractivity contribution >= 4 is 17.7 Å². The molecule has 0 radical (unpaired) electrons. The van der Waals surface area contributed by atoms with E-state index in [0.717, 1.165) is 40.2 Å². The number of hydrogen-bond acceptors (Lipinski definition) is 4. The third-order valence-corrected chi connectivity index (χ3v) is 5.51. The number of para-hydroxylation sites is 1. The topological polar surface area (TPSA) is 91.0 Å². The van der Waals surface area contributed by atoms with Gasteiger partial charge in [0.15, 0.2) is 0 Å². The highest BCUT2D eigenvalue weighted by Gasteiger charge is 2.20. The van der Waals surface area contributed by atoms with E-state index in [0.29, 0.717) is 12.1 Å². The van der Waals surface area contributed by atoms with Gasteiger partial charge in [0.25, 0.3) is 5.91 Å². The number of nitrogens with one attached hydrogen (secondary N) is 2. The summed E-state index contributed by atoms with van der Waals surface area (Å²) in [7, 11) is 0. The number of carbonyl (C=O) groups excluding carboxylic acids is 1. The minimum absolute atomic E-state index is 0.0117. The molecule has 31 heavy (non-hydrogen) atoms. The van der Waals surface area contributed by atoms with Crippen LogP contribution in [-0.2, 0) is 11.2 Å². The second-order valence-corrected chi connectivity index (χ2v) is 7.54. The Balaban J connectivity index is 1.78. The quantitative estimate of drug-likeness (QED) is 0.214. The second-order valence-electron chi connectivity index (χ2n) is 7.54. The normalized spacial score (nSPS) is 12.1. The third-order valence-electron chi connectivity index (χ3n) is 5.51. The molecule has 6 nitrogen and oxygen atoms in total. The number of hydroxylamine groups is 1. The number of aromatic nitrogens is 2. The molecule has 1 amide bonds. The summed E-state index contributed by atoms with van der Waals surface area (Å²) < 4.78 is 1.95. The number of rotatable bonds is 8. The number of aryl methyl sites for hydroxylation is 1. The lowest BCUT2D eigenvalue weighted by Crippen LogP contribution is -2.15. The van der Waals surface area contributed by atoms with Crippen molar-refractivity contribution in [2.24, 2.45) is 0 Å². The van der Waals surface area contributed by atoms with Gasteiger partial charge in [-0.15, -0.1) is 0 Å². The van der Waals surface area contributed by atoms with Gasteiger partial charge in [0, 0.05) is 35.4 Å². The molecule has 1 unspecified atom stereocenters. The molecule has 2 aromatic carbocycles. The van der Waals surface area contributed by atoms with E-state index in [4.69, 9.17) is 15.7 Å². The van der Waals surface area contributed by atoms with E-state index in [-0.39, 0.29) is 5.92 Å². The van der Waals surface area contributed by atoms with Gasteiger partial charge in [0.2, 0.25) is 0 Å². The molecule has 0 saturated carbocycles. The Morgan fingerprint density at radius 2 is 1.84 bits per heavy atom. The summed E-state index contributed by atoms with van der Waals surface area (Å²) >= 11 is 0. The van der Waals surface area contributed by atoms with Gasteiger partial charge in [-0.3, -0.25) is 10.0 Å². The van der Waals surface area contributed by atoms with Gasteiger partial charge in [0.05, 0.1) is 11.4 Å². The van der Waals surface area contributed by atoms with Crippen LogP contribution >= 0.6 is 0 Å². The summed E-state index contributed by atoms with van der Waals surface area (Å²) in [6.07, 6.45) is 4.28. The van der Waals surface area contributed by atoms with Crippen LogP contribution in [0.15, 0.2) is 60.7 Å². The first-order chi connectivity index (χ1) is 14.9. The molecular formula is C25H28N4O2. The molecule has 3 aromatic rings. The maximum absolute atomic E-state index is 11.1. The molecule has 0 fully saturated rings. The van der Waals surface area contributed by atoms with Gasteiger partial charge in [-0.1, -0.05) is 49.4 Å². The standard InChI is InChI=1S/C25H28N4O2/c1-4-22(20-13-10-19(11-14-20)12-15-25(30)28-31)24(26)16-23-17(2)27-29(18(23)3)21-8-6-5-7-9-21/h5-15,22,26,31H,4,16H2,1-3H3,(H,28,30)/b15-12+,26-24?. The van der Waals surface area contributed by atoms with Crippen molar-refractivity contribution in [2.75, 3.05) is 0 Å². The third kappa shape index (κ3) is 5.16. The first-order valence-electron chi connectivity index (χ1n) is 10.3. The highest BCUT2D eigenvalue weighted by Crippen LogP contribution is 2.26. The van der Waals surface area contributed by atoms with Crippen LogP contribution in [0, 0.1) is 19.3 Å². The molecule has 1 atom stereocenters. The maximum atomic E-state index is 11.1. The number of amides is 1. The highest BCUT2D eigenvalue weighted by atomic mass is 16.5. The Morgan fingerprint density at radius 3 is 2.45 bits per heavy atom. The lowest BCUT2D eigenvalue weighted by molar-refractivity contribution is -0.124. The van der Waals surface area contributed by atoms with Crippen LogP contribution in [0.4, 0.5) is 0 Å². The zero-order chi connectivity index (χ0) is 22.4. The van der Waals surface area contributed by atoms with Crippen molar-refractivity contribution in [3.63, 3.8) is 0 Å². The van der Waals surface area contributed by atoms with Crippen LogP contribution in [0.1, 0.15) is 47.3 Å². The van der Waals surface area contributed by atoms with Crippen LogP contribution in [0.25, 0.3) is 11.8 Å². The van der Waals surface area contributed by atoms with Gasteiger partial charge in [-0.2, -0.15) is 5.10 Å². The molecule has 160 valence electrons. The van der Waals surface area contributed by atoms with E-state index in [2.05, 4.69) is 13.8 Å². The van der Waals surface area contributed by atoms with E-state index in [1.807, 2.05) is 66.2 Å². The fraction of sp³-hybridized carbons (Fsp3) is 0.240. The average molecular weight is 417 g/mol. The molecule has 0 spiro atoms. The number of benzene rings is 2. The summed E-state index contributed by atoms with van der Waals surface area (Å²) in [6, 6.07) is 17.9. The highest BCUT2D eigenvalue weighted by molar-refractivity contribution is 5.91. The van der Waals surface area contributed by atoms with E-state index in [1.54, 1.807) is 11.6 Å². The fourth-order valence-corrected chi connectivity index (χ4v) is 3.80. The molecule has 0 aliphatic heterocycles. The van der Waals surface area contributed by atoms with E-state index in [1.165, 1.54) is 6.08 Å². The van der Waals surface area contributed by atoms with Crippen molar-refractivity contribution in [3.05, 3.63) is 88.8 Å². The largest absolute Gasteiger partial charge is 0.309 e. The van der Waals surface area contributed by atoms with Crippen molar-refractivity contribution in [2.45, 2.75) is 39.5 Å². The van der Waals surface area contributed by atoms with E-state index < -0.39 is 5.91 Å². The van der Waals surface area contributed by atoms with Crippen LogP contribution < -0.4 is 5.48 Å². The van der Waals surface area contributed by atoms with Crippen LogP contribution in [0.3, 0.4) is 0 Å². The smallest absolute Gasteiger partial charge is 0.267 e. The van der Waals surface area contributed by atoms with Crippen LogP contribution in [-0.4, -0.2) is 26.6 Å². The molecule has 1 heterocycles. The summed E-state index contributed by atoms with van der Waals surface area (Å²) in [6.45, 7) is 6.14. The minimum Gasteiger partial charge on any atom is -0.309 e. The molecule has 0 bridgehead atoms. The monoisotopic (exact) mass is 416 g/mol. The number of nitrogens with zero attached hydrogens (tertiary/aromatic N) is 2. The zero-order valence-corrected chi connectivity index (χ0v) is 18.1. The number of hydrogen-bond donors (Lipinski definition) is 3. The molecule has 3 rings (SSSR count). The average Bonchev–Trinajstić information content (AvgIpc) is 3.07. The Labute approximate surface area is 182 Å². The molecule has 0 aliphatic carbocycles. The van der Waals surface area contributed by atoms with Gasteiger partial charge < -0.3 is 5.41 Å². The molecule has 0 saturated heterocycles. The summed E-state index contributed by atoms with van der Waals surface area (Å²) in [5.41, 5.74) is 8.28. The second kappa shape index (κ2) is 10.00. The molecule has 6 heteroatoms. The predicted octanol–water partition coefficient (Wildman–Crippen LogP) is 4.76. The lowest BCUT2D eigenvalue weighted by Gasteiger charge is -2.17. The fourth-order valence-electron chi connectivity index (χ4n) is 3.80. The van der Waals surface area contributed by atoms with Gasteiger partial charge in [-0.05, 0) is 49.6 Å². The zero-order valence-electron chi connectivity index (χ0n) is 18.1. The van der Waals surface area contributed by atoms with Crippen LogP contribution in [0.2, 0.25) is 0 Å². The minimum atomic E-state index is -0.570. The Bertz CT molecular complexity index is 1080. The summed E-state index contributed by atoms with van der Waals surface area (Å²) in [4.78, 5) is 11.1. The van der Waals surface area contributed by atoms with Gasteiger partial charge in [0.1, 0.15) is 0 Å². The van der Waals surface area contributed by atoms with Crippen LogP contribution in [0.5, 0.6) is 0 Å².